The number of hydrogen-bond donors (Lipinski definition) is 2. The van der Waals surface area contributed by atoms with Crippen molar-refractivity contribution >= 4 is 23.0 Å². The summed E-state index contributed by atoms with van der Waals surface area (Å²) >= 11 is 0. The Morgan fingerprint density at radius 2 is 2.11 bits per heavy atom. The molecule has 0 aliphatic carbocycles. The molecule has 0 unspecified atom stereocenters. The minimum atomic E-state index is -0.313. The number of carbonyl (C=O) groups excluding carboxylic acids is 1. The maximum atomic E-state index is 11.4. The largest absolute Gasteiger partial charge is 0.489 e. The van der Waals surface area contributed by atoms with Gasteiger partial charge in [-0.05, 0) is 32.9 Å². The minimum absolute atomic E-state index is 0.0636. The van der Waals surface area contributed by atoms with Crippen LogP contribution in [0, 0.1) is 0 Å². The van der Waals surface area contributed by atoms with Gasteiger partial charge in [0.05, 0.1) is 17.5 Å². The number of benzene rings is 1. The molecule has 1 aromatic rings. The van der Waals surface area contributed by atoms with Crippen molar-refractivity contribution in [2.45, 2.75) is 26.9 Å². The molecule has 0 spiro atoms. The Morgan fingerprint density at radius 3 is 2.74 bits per heavy atom. The van der Waals surface area contributed by atoms with E-state index in [1.54, 1.807) is 6.92 Å². The second kappa shape index (κ2) is 5.51. The van der Waals surface area contributed by atoms with Crippen LogP contribution in [0.15, 0.2) is 34.5 Å². The van der Waals surface area contributed by atoms with Crippen LogP contribution in [0.4, 0.5) is 5.69 Å². The van der Waals surface area contributed by atoms with E-state index in [9.17, 15) is 4.79 Å². The smallest absolute Gasteiger partial charge is 0.293 e. The van der Waals surface area contributed by atoms with Crippen LogP contribution in [-0.2, 0) is 4.79 Å². The van der Waals surface area contributed by atoms with Gasteiger partial charge in [-0.1, -0.05) is 12.1 Å². The lowest BCUT2D eigenvalue weighted by molar-refractivity contribution is -0.114. The average molecular weight is 260 g/mol. The van der Waals surface area contributed by atoms with E-state index in [0.717, 1.165) is 0 Å². The SMILES string of the molecule is CC1=NNC(=O)/C1=N/Nc1ccccc1OC(C)C. The number of rotatable bonds is 4. The Bertz CT molecular complexity index is 549. The van der Waals surface area contributed by atoms with Gasteiger partial charge in [0.2, 0.25) is 0 Å². The van der Waals surface area contributed by atoms with Gasteiger partial charge in [-0.2, -0.15) is 10.2 Å². The number of carbonyl (C=O) groups is 1. The van der Waals surface area contributed by atoms with Gasteiger partial charge in [0.1, 0.15) is 5.75 Å². The fraction of sp³-hybridized carbons (Fsp3) is 0.308. The van der Waals surface area contributed by atoms with Crippen LogP contribution in [0.25, 0.3) is 0 Å². The summed E-state index contributed by atoms with van der Waals surface area (Å²) < 4.78 is 5.65. The lowest BCUT2D eigenvalue weighted by atomic mass is 10.2. The number of nitrogens with one attached hydrogen (secondary N) is 2. The zero-order valence-corrected chi connectivity index (χ0v) is 11.1. The van der Waals surface area contributed by atoms with Gasteiger partial charge in [-0.25, -0.2) is 5.43 Å². The van der Waals surface area contributed by atoms with Crippen molar-refractivity contribution < 1.29 is 9.53 Å². The molecule has 6 heteroatoms. The van der Waals surface area contributed by atoms with E-state index >= 15 is 0 Å². The standard InChI is InChI=1S/C13H16N4O2/c1-8(2)19-11-7-5-4-6-10(11)15-16-12-9(3)14-17-13(12)18/h4-8,15H,1-3H3,(H,16,17,18). The van der Waals surface area contributed by atoms with E-state index in [1.165, 1.54) is 0 Å². The molecule has 1 aliphatic rings. The van der Waals surface area contributed by atoms with Gasteiger partial charge in [-0.15, -0.1) is 0 Å². The van der Waals surface area contributed by atoms with Crippen molar-refractivity contribution in [3.05, 3.63) is 24.3 Å². The fourth-order valence-electron chi connectivity index (χ4n) is 1.57. The van der Waals surface area contributed by atoms with Gasteiger partial charge in [0, 0.05) is 0 Å². The molecule has 1 aromatic carbocycles. The van der Waals surface area contributed by atoms with Crippen molar-refractivity contribution in [1.29, 1.82) is 0 Å². The zero-order chi connectivity index (χ0) is 13.8. The summed E-state index contributed by atoms with van der Waals surface area (Å²) in [6.45, 7) is 5.61. The summed E-state index contributed by atoms with van der Waals surface area (Å²) in [5.41, 5.74) is 6.73. The summed E-state index contributed by atoms with van der Waals surface area (Å²) in [6, 6.07) is 7.43. The van der Waals surface area contributed by atoms with Gasteiger partial charge in [0.15, 0.2) is 5.71 Å². The Labute approximate surface area is 111 Å². The van der Waals surface area contributed by atoms with Crippen LogP contribution >= 0.6 is 0 Å². The topological polar surface area (TPSA) is 75.1 Å². The number of para-hydroxylation sites is 2. The molecule has 1 aliphatic heterocycles. The van der Waals surface area contributed by atoms with Crippen LogP contribution in [-0.4, -0.2) is 23.4 Å². The highest BCUT2D eigenvalue weighted by molar-refractivity contribution is 6.68. The molecule has 2 N–H and O–H groups in total. The van der Waals surface area contributed by atoms with E-state index in [1.807, 2.05) is 38.1 Å². The molecule has 0 fully saturated rings. The Balaban J connectivity index is 2.18. The third kappa shape index (κ3) is 3.09. The van der Waals surface area contributed by atoms with Gasteiger partial charge >= 0.3 is 0 Å². The molecule has 1 heterocycles. The van der Waals surface area contributed by atoms with E-state index in [2.05, 4.69) is 21.1 Å². The first-order valence-electron chi connectivity index (χ1n) is 6.02. The average Bonchev–Trinajstić information content (AvgIpc) is 2.68. The number of anilines is 1. The van der Waals surface area contributed by atoms with Crippen LogP contribution < -0.4 is 15.6 Å². The highest BCUT2D eigenvalue weighted by atomic mass is 16.5. The van der Waals surface area contributed by atoms with Crippen LogP contribution in [0.5, 0.6) is 5.75 Å². The van der Waals surface area contributed by atoms with Crippen LogP contribution in [0.2, 0.25) is 0 Å². The number of hydrogen-bond acceptors (Lipinski definition) is 5. The summed E-state index contributed by atoms with van der Waals surface area (Å²) in [6.07, 6.45) is 0.0636. The number of ether oxygens (including phenoxy) is 1. The summed E-state index contributed by atoms with van der Waals surface area (Å²) in [4.78, 5) is 11.4. The summed E-state index contributed by atoms with van der Waals surface area (Å²) in [5.74, 6) is 0.377. The van der Waals surface area contributed by atoms with Gasteiger partial charge < -0.3 is 4.74 Å². The monoisotopic (exact) mass is 260 g/mol. The highest BCUT2D eigenvalue weighted by Crippen LogP contribution is 2.24. The van der Waals surface area contributed by atoms with Crippen LogP contribution in [0.1, 0.15) is 20.8 Å². The molecule has 6 nitrogen and oxygen atoms in total. The normalized spacial score (nSPS) is 16.5. The van der Waals surface area contributed by atoms with E-state index in [4.69, 9.17) is 4.74 Å². The predicted octanol–water partition coefficient (Wildman–Crippen LogP) is 1.75. The second-order valence-corrected chi connectivity index (χ2v) is 4.37. The first-order valence-corrected chi connectivity index (χ1v) is 6.02. The Kier molecular flexibility index (Phi) is 3.79. The molecule has 0 radical (unpaired) electrons. The van der Waals surface area contributed by atoms with Crippen molar-refractivity contribution in [3.8, 4) is 5.75 Å². The fourth-order valence-corrected chi connectivity index (χ4v) is 1.57. The maximum absolute atomic E-state index is 11.4. The molecule has 0 atom stereocenters. The first kappa shape index (κ1) is 13.1. The molecule has 19 heavy (non-hydrogen) atoms. The third-order valence-corrected chi connectivity index (χ3v) is 2.42. The minimum Gasteiger partial charge on any atom is -0.489 e. The van der Waals surface area contributed by atoms with E-state index in [0.29, 0.717) is 17.1 Å². The van der Waals surface area contributed by atoms with Gasteiger partial charge in [0.25, 0.3) is 5.91 Å². The quantitative estimate of drug-likeness (QED) is 0.810. The third-order valence-electron chi connectivity index (χ3n) is 2.42. The lowest BCUT2D eigenvalue weighted by Crippen LogP contribution is -2.23. The first-order chi connectivity index (χ1) is 9.08. The zero-order valence-electron chi connectivity index (χ0n) is 11.1. The molecule has 0 aromatic heterocycles. The Morgan fingerprint density at radius 1 is 1.37 bits per heavy atom. The van der Waals surface area contributed by atoms with E-state index in [-0.39, 0.29) is 17.7 Å². The van der Waals surface area contributed by atoms with Gasteiger partial charge in [-0.3, -0.25) is 10.2 Å². The maximum Gasteiger partial charge on any atom is 0.293 e. The number of amides is 1. The van der Waals surface area contributed by atoms with Crippen LogP contribution in [0.3, 0.4) is 0 Å². The predicted molar refractivity (Wildman–Crippen MR) is 74.5 cm³/mol. The molecule has 1 amide bonds. The highest BCUT2D eigenvalue weighted by Gasteiger charge is 2.21. The molecular formula is C13H16N4O2. The van der Waals surface area contributed by atoms with Crippen molar-refractivity contribution in [3.63, 3.8) is 0 Å². The molecular weight excluding hydrogens is 244 g/mol. The molecule has 0 bridgehead atoms. The molecule has 2 rings (SSSR count). The summed E-state index contributed by atoms with van der Waals surface area (Å²) in [5, 5.41) is 7.86. The molecule has 0 saturated carbocycles. The second-order valence-electron chi connectivity index (χ2n) is 4.37. The molecule has 0 saturated heterocycles. The van der Waals surface area contributed by atoms with Crippen molar-refractivity contribution in [2.24, 2.45) is 10.2 Å². The number of nitrogens with zero attached hydrogens (tertiary/aromatic N) is 2. The molecule has 100 valence electrons. The summed E-state index contributed by atoms with van der Waals surface area (Å²) in [7, 11) is 0. The van der Waals surface area contributed by atoms with Crippen molar-refractivity contribution in [2.75, 3.05) is 5.43 Å². The number of hydrazone groups is 2. The van der Waals surface area contributed by atoms with Crippen molar-refractivity contribution in [1.82, 2.24) is 5.43 Å². The van der Waals surface area contributed by atoms with E-state index < -0.39 is 0 Å². The Hall–Kier alpha value is -2.37. The lowest BCUT2D eigenvalue weighted by Gasteiger charge is -2.13.